The number of carbonyl (C=O) groups is 1. The van der Waals surface area contributed by atoms with E-state index in [1.54, 1.807) is 18.2 Å². The van der Waals surface area contributed by atoms with Gasteiger partial charge in [0.15, 0.2) is 5.69 Å². The summed E-state index contributed by atoms with van der Waals surface area (Å²) in [5.74, 6) is -0.511. The molecule has 0 saturated carbocycles. The van der Waals surface area contributed by atoms with E-state index in [0.29, 0.717) is 26.6 Å². The van der Waals surface area contributed by atoms with Crippen LogP contribution >= 0.6 is 39.1 Å². The van der Waals surface area contributed by atoms with Crippen molar-refractivity contribution in [3.63, 3.8) is 0 Å². The van der Waals surface area contributed by atoms with Crippen LogP contribution in [0.15, 0.2) is 24.5 Å². The summed E-state index contributed by atoms with van der Waals surface area (Å²) in [5.41, 5.74) is 2.22. The van der Waals surface area contributed by atoms with Gasteiger partial charge in [-0.2, -0.15) is 0 Å². The van der Waals surface area contributed by atoms with E-state index in [-0.39, 0.29) is 5.69 Å². The summed E-state index contributed by atoms with van der Waals surface area (Å²) in [7, 11) is 1.31. The average Bonchev–Trinajstić information content (AvgIpc) is 2.48. The third-order valence-electron chi connectivity index (χ3n) is 2.65. The Kier molecular flexibility index (Phi) is 4.96. The predicted molar refractivity (Wildman–Crippen MR) is 81.5 cm³/mol. The van der Waals surface area contributed by atoms with Crippen molar-refractivity contribution >= 4 is 45.1 Å². The van der Waals surface area contributed by atoms with Crippen molar-refractivity contribution in [2.45, 2.75) is 5.33 Å². The molecule has 1 aromatic heterocycles. The van der Waals surface area contributed by atoms with Crippen molar-refractivity contribution in [2.24, 2.45) is 0 Å². The summed E-state index contributed by atoms with van der Waals surface area (Å²) in [6.07, 6.45) is 1.32. The van der Waals surface area contributed by atoms with Gasteiger partial charge in [0, 0.05) is 16.5 Å². The fourth-order valence-electron chi connectivity index (χ4n) is 1.70. The van der Waals surface area contributed by atoms with E-state index in [1.165, 1.54) is 13.4 Å². The highest BCUT2D eigenvalue weighted by molar-refractivity contribution is 9.08. The smallest absolute Gasteiger partial charge is 0.357 e. The SMILES string of the molecule is COC(=O)c1ncnc(-c2ccc(Cl)c(Cl)c2)c1CBr. The first-order valence-electron chi connectivity index (χ1n) is 5.52. The lowest BCUT2D eigenvalue weighted by molar-refractivity contribution is 0.0593. The third kappa shape index (κ3) is 2.95. The van der Waals surface area contributed by atoms with Crippen LogP contribution in [0.1, 0.15) is 16.1 Å². The Hall–Kier alpha value is -1.17. The Labute approximate surface area is 134 Å². The Morgan fingerprint density at radius 3 is 2.65 bits per heavy atom. The molecule has 1 aromatic carbocycles. The summed E-state index contributed by atoms with van der Waals surface area (Å²) in [6.45, 7) is 0. The second-order valence-corrected chi connectivity index (χ2v) is 5.18. The number of alkyl halides is 1. The zero-order chi connectivity index (χ0) is 14.7. The molecule has 7 heteroatoms. The zero-order valence-corrected chi connectivity index (χ0v) is 13.5. The molecular weight excluding hydrogens is 367 g/mol. The number of methoxy groups -OCH3 is 1. The van der Waals surface area contributed by atoms with Crippen LogP contribution in [0, 0.1) is 0 Å². The van der Waals surface area contributed by atoms with E-state index < -0.39 is 5.97 Å². The summed E-state index contributed by atoms with van der Waals surface area (Å²) in [5, 5.41) is 1.29. The number of ether oxygens (including phenoxy) is 1. The third-order valence-corrected chi connectivity index (χ3v) is 3.95. The molecule has 0 atom stereocenters. The van der Waals surface area contributed by atoms with E-state index in [4.69, 9.17) is 27.9 Å². The van der Waals surface area contributed by atoms with Crippen molar-refractivity contribution in [3.8, 4) is 11.3 Å². The number of carbonyl (C=O) groups excluding carboxylic acids is 1. The fourth-order valence-corrected chi connectivity index (χ4v) is 2.53. The van der Waals surface area contributed by atoms with E-state index in [1.807, 2.05) is 0 Å². The number of aromatic nitrogens is 2. The molecule has 0 saturated heterocycles. The maximum absolute atomic E-state index is 11.7. The summed E-state index contributed by atoms with van der Waals surface area (Å²) in [6, 6.07) is 5.15. The molecule has 0 spiro atoms. The van der Waals surface area contributed by atoms with Gasteiger partial charge in [0.25, 0.3) is 0 Å². The van der Waals surface area contributed by atoms with Gasteiger partial charge >= 0.3 is 5.97 Å². The second kappa shape index (κ2) is 6.52. The molecule has 0 fully saturated rings. The van der Waals surface area contributed by atoms with Gasteiger partial charge < -0.3 is 4.74 Å². The number of hydrogen-bond acceptors (Lipinski definition) is 4. The molecular formula is C13H9BrCl2N2O2. The normalized spacial score (nSPS) is 10.4. The van der Waals surface area contributed by atoms with Gasteiger partial charge in [-0.15, -0.1) is 0 Å². The minimum Gasteiger partial charge on any atom is -0.464 e. The molecule has 0 aliphatic carbocycles. The predicted octanol–water partition coefficient (Wildman–Crippen LogP) is 4.13. The van der Waals surface area contributed by atoms with Crippen LogP contribution < -0.4 is 0 Å². The van der Waals surface area contributed by atoms with Gasteiger partial charge in [-0.25, -0.2) is 14.8 Å². The van der Waals surface area contributed by atoms with Crippen molar-refractivity contribution < 1.29 is 9.53 Å². The van der Waals surface area contributed by atoms with Crippen molar-refractivity contribution in [3.05, 3.63) is 45.8 Å². The molecule has 1 heterocycles. The molecule has 20 heavy (non-hydrogen) atoms. The molecule has 2 aromatic rings. The summed E-state index contributed by atoms with van der Waals surface area (Å²) >= 11 is 15.2. The van der Waals surface area contributed by atoms with Gasteiger partial charge in [0.2, 0.25) is 0 Å². The van der Waals surface area contributed by atoms with E-state index in [0.717, 1.165) is 5.56 Å². The van der Waals surface area contributed by atoms with Crippen LogP contribution in [0.2, 0.25) is 10.0 Å². The van der Waals surface area contributed by atoms with Crippen LogP contribution in [0.4, 0.5) is 0 Å². The first-order valence-corrected chi connectivity index (χ1v) is 7.39. The van der Waals surface area contributed by atoms with Gasteiger partial charge in [0.1, 0.15) is 6.33 Å². The molecule has 0 amide bonds. The monoisotopic (exact) mass is 374 g/mol. The van der Waals surface area contributed by atoms with Gasteiger partial charge in [-0.1, -0.05) is 45.2 Å². The van der Waals surface area contributed by atoms with Crippen molar-refractivity contribution in [2.75, 3.05) is 7.11 Å². The molecule has 2 rings (SSSR count). The quantitative estimate of drug-likeness (QED) is 0.597. The number of rotatable bonds is 3. The van der Waals surface area contributed by atoms with Crippen LogP contribution in [-0.2, 0) is 10.1 Å². The topological polar surface area (TPSA) is 52.1 Å². The number of esters is 1. The second-order valence-electron chi connectivity index (χ2n) is 3.80. The maximum Gasteiger partial charge on any atom is 0.357 e. The molecule has 0 N–H and O–H groups in total. The van der Waals surface area contributed by atoms with Crippen LogP contribution in [0.25, 0.3) is 11.3 Å². The molecule has 0 unspecified atom stereocenters. The van der Waals surface area contributed by atoms with E-state index in [2.05, 4.69) is 25.9 Å². The number of nitrogens with zero attached hydrogens (tertiary/aromatic N) is 2. The first-order chi connectivity index (χ1) is 9.58. The zero-order valence-electron chi connectivity index (χ0n) is 10.4. The van der Waals surface area contributed by atoms with Gasteiger partial charge in [-0.05, 0) is 12.1 Å². The number of benzene rings is 1. The molecule has 104 valence electrons. The highest BCUT2D eigenvalue weighted by Crippen LogP contribution is 2.30. The summed E-state index contributed by atoms with van der Waals surface area (Å²) < 4.78 is 4.72. The van der Waals surface area contributed by atoms with Crippen LogP contribution in [0.5, 0.6) is 0 Å². The average molecular weight is 376 g/mol. The lowest BCUT2D eigenvalue weighted by Gasteiger charge is -2.10. The van der Waals surface area contributed by atoms with Crippen LogP contribution in [0.3, 0.4) is 0 Å². The van der Waals surface area contributed by atoms with Crippen molar-refractivity contribution in [1.82, 2.24) is 9.97 Å². The molecule has 0 radical (unpaired) electrons. The Morgan fingerprint density at radius 2 is 2.05 bits per heavy atom. The van der Waals surface area contributed by atoms with E-state index >= 15 is 0 Å². The maximum atomic E-state index is 11.7. The minimum absolute atomic E-state index is 0.223. The lowest BCUT2D eigenvalue weighted by atomic mass is 10.1. The van der Waals surface area contributed by atoms with E-state index in [9.17, 15) is 4.79 Å². The van der Waals surface area contributed by atoms with Gasteiger partial charge in [-0.3, -0.25) is 0 Å². The standard InChI is InChI=1S/C13H9BrCl2N2O2/c1-20-13(19)12-8(5-14)11(17-6-18-12)7-2-3-9(15)10(16)4-7/h2-4,6H,5H2,1H3. The largest absolute Gasteiger partial charge is 0.464 e. The Morgan fingerprint density at radius 1 is 1.30 bits per heavy atom. The van der Waals surface area contributed by atoms with Crippen LogP contribution in [-0.4, -0.2) is 23.0 Å². The first kappa shape index (κ1) is 15.2. The molecule has 4 nitrogen and oxygen atoms in total. The molecule has 0 aliphatic heterocycles. The Balaban J connectivity index is 2.61. The lowest BCUT2D eigenvalue weighted by Crippen LogP contribution is -2.10. The van der Waals surface area contributed by atoms with Gasteiger partial charge in [0.05, 0.1) is 22.8 Å². The molecule has 0 bridgehead atoms. The fraction of sp³-hybridized carbons (Fsp3) is 0.154. The highest BCUT2D eigenvalue weighted by atomic mass is 79.9. The highest BCUT2D eigenvalue weighted by Gasteiger charge is 2.18. The summed E-state index contributed by atoms with van der Waals surface area (Å²) in [4.78, 5) is 19.9. The molecule has 0 aliphatic rings. The van der Waals surface area contributed by atoms with Crippen molar-refractivity contribution in [1.29, 1.82) is 0 Å². The number of halogens is 3. The number of hydrogen-bond donors (Lipinski definition) is 0. The Bertz CT molecular complexity index is 665. The minimum atomic E-state index is -0.511.